The Morgan fingerprint density at radius 3 is 1.34 bits per heavy atom. The van der Waals surface area contributed by atoms with Gasteiger partial charge in [-0.05, 0) is 126 Å². The van der Waals surface area contributed by atoms with Crippen LogP contribution in [0.3, 0.4) is 0 Å². The molecule has 0 saturated carbocycles. The molecule has 0 atom stereocenters. The number of piperidine rings is 1. The molecule has 2 N–H and O–H groups in total. The van der Waals surface area contributed by atoms with Crippen molar-refractivity contribution in [2.45, 2.75) is 137 Å². The molecule has 366 valence electrons. The van der Waals surface area contributed by atoms with Gasteiger partial charge in [-0.2, -0.15) is 10.5 Å². The second-order valence-corrected chi connectivity index (χ2v) is 22.4. The highest BCUT2D eigenvalue weighted by atomic mass is 16.6. The maximum absolute atomic E-state index is 13.9. The molecule has 11 heteroatoms. The van der Waals surface area contributed by atoms with E-state index in [1.165, 1.54) is 22.5 Å². The number of nitriles is 2. The molecule has 0 amide bonds. The molecule has 0 unspecified atom stereocenters. The lowest BCUT2D eigenvalue weighted by atomic mass is 9.78. The fourth-order valence-electron chi connectivity index (χ4n) is 10.7. The van der Waals surface area contributed by atoms with E-state index in [2.05, 4.69) is 115 Å². The van der Waals surface area contributed by atoms with Crippen molar-refractivity contribution in [2.24, 2.45) is 0 Å². The molecule has 2 aromatic heterocycles. The SMILES string of the molecule is CCc1ccc(C(C)(C)c2[nH]c3cc(C#N)ccc3c2C(=O)OC(C)(C)C)cc1N1CCC(N2CCN(c3cc(C(C)(C)c4[nH]c5cc(C#N)ccc5c4C(=O)OC(C)(C)C)ccc3CC)CC2)CC1. The average Bonchev–Trinajstić information content (AvgIpc) is 3.93. The number of ether oxygens (including phenoxy) is 2. The Morgan fingerprint density at radius 2 is 0.971 bits per heavy atom. The number of anilines is 2. The van der Waals surface area contributed by atoms with Gasteiger partial charge >= 0.3 is 11.9 Å². The van der Waals surface area contributed by atoms with Crippen molar-refractivity contribution in [1.82, 2.24) is 14.9 Å². The molecular weight excluding hydrogens is 871 g/mol. The number of fused-ring (bicyclic) bond motifs is 2. The number of benzene rings is 4. The predicted molar refractivity (Wildman–Crippen MR) is 281 cm³/mol. The van der Waals surface area contributed by atoms with Gasteiger partial charge in [0.1, 0.15) is 11.2 Å². The van der Waals surface area contributed by atoms with Gasteiger partial charge in [-0.1, -0.05) is 77.9 Å². The first-order valence-corrected chi connectivity index (χ1v) is 25.2. The van der Waals surface area contributed by atoms with E-state index in [4.69, 9.17) is 9.47 Å². The van der Waals surface area contributed by atoms with Crippen molar-refractivity contribution in [1.29, 1.82) is 10.5 Å². The van der Waals surface area contributed by atoms with E-state index in [1.807, 2.05) is 65.8 Å². The van der Waals surface area contributed by atoms with Gasteiger partial charge in [-0.15, -0.1) is 0 Å². The maximum atomic E-state index is 13.9. The normalized spacial score (nSPS) is 15.6. The van der Waals surface area contributed by atoms with Crippen LogP contribution in [0.15, 0.2) is 72.8 Å². The Hall–Kier alpha value is -6.56. The summed E-state index contributed by atoms with van der Waals surface area (Å²) < 4.78 is 12.0. The molecule has 11 nitrogen and oxygen atoms in total. The van der Waals surface area contributed by atoms with Crippen molar-refractivity contribution in [3.63, 3.8) is 0 Å². The van der Waals surface area contributed by atoms with Gasteiger partial charge in [-0.25, -0.2) is 9.59 Å². The summed E-state index contributed by atoms with van der Waals surface area (Å²) in [4.78, 5) is 42.8. The molecule has 6 aromatic rings. The highest BCUT2D eigenvalue weighted by Gasteiger charge is 2.37. The van der Waals surface area contributed by atoms with E-state index in [0.29, 0.717) is 28.3 Å². The zero-order valence-electron chi connectivity index (χ0n) is 43.4. The number of carbonyl (C=O) groups is 2. The van der Waals surface area contributed by atoms with Crippen LogP contribution in [0.25, 0.3) is 21.8 Å². The van der Waals surface area contributed by atoms with Crippen LogP contribution >= 0.6 is 0 Å². The molecule has 4 heterocycles. The topological polar surface area (TPSA) is 141 Å². The number of aromatic nitrogens is 2. The Labute approximate surface area is 414 Å². The Morgan fingerprint density at radius 1 is 0.571 bits per heavy atom. The smallest absolute Gasteiger partial charge is 0.341 e. The number of rotatable bonds is 11. The minimum atomic E-state index is -0.671. The molecule has 0 aliphatic carbocycles. The standard InChI is InChI=1S/C59H71N7O4/c1-13-39-17-19-41(58(9,10)52-50(54(67)69-56(3,4)5)44-21-15-37(35-60)31-46(44)62-52)33-48(39)65-25-23-43(24-26-65)64-27-29-66(30-28-64)49-34-42(20-18-40(49)14-2)59(11,12)53-51(55(68)70-57(6,7)8)45-22-16-38(36-61)32-47(45)63-53/h15-22,31-34,43,62-63H,13-14,23-30H2,1-12H3. The van der Waals surface area contributed by atoms with E-state index in [0.717, 1.165) is 109 Å². The van der Waals surface area contributed by atoms with E-state index in [1.54, 1.807) is 12.1 Å². The van der Waals surface area contributed by atoms with Gasteiger partial charge in [0.15, 0.2) is 0 Å². The third-order valence-corrected chi connectivity index (χ3v) is 14.7. The summed E-state index contributed by atoms with van der Waals surface area (Å²) in [5.74, 6) is -0.756. The number of piperazine rings is 1. The van der Waals surface area contributed by atoms with Crippen LogP contribution in [0.4, 0.5) is 11.4 Å². The van der Waals surface area contributed by atoms with E-state index in [-0.39, 0.29) is 11.9 Å². The van der Waals surface area contributed by atoms with Gasteiger partial charge in [-0.3, -0.25) is 4.90 Å². The zero-order valence-corrected chi connectivity index (χ0v) is 43.4. The molecule has 0 radical (unpaired) electrons. The summed E-state index contributed by atoms with van der Waals surface area (Å²) >= 11 is 0. The number of esters is 2. The second-order valence-electron chi connectivity index (χ2n) is 22.4. The molecule has 0 bridgehead atoms. The van der Waals surface area contributed by atoms with E-state index >= 15 is 0 Å². The number of hydrogen-bond acceptors (Lipinski definition) is 9. The molecule has 4 aromatic carbocycles. The summed E-state index contributed by atoms with van der Waals surface area (Å²) in [5.41, 5.74) is 9.92. The fourth-order valence-corrected chi connectivity index (χ4v) is 10.7. The van der Waals surface area contributed by atoms with Crippen molar-refractivity contribution < 1.29 is 19.1 Å². The molecule has 2 aliphatic heterocycles. The van der Waals surface area contributed by atoms with Crippen molar-refractivity contribution in [3.8, 4) is 12.1 Å². The molecular formula is C59H71N7O4. The number of H-pyrrole nitrogens is 2. The third-order valence-electron chi connectivity index (χ3n) is 14.7. The predicted octanol–water partition coefficient (Wildman–Crippen LogP) is 11.9. The first kappa shape index (κ1) is 49.8. The van der Waals surface area contributed by atoms with Gasteiger partial charge in [0.2, 0.25) is 0 Å². The third kappa shape index (κ3) is 9.79. The molecule has 2 fully saturated rings. The average molecular weight is 942 g/mol. The fraction of sp³-hybridized carbons (Fsp3) is 0.458. The molecule has 0 spiro atoms. The van der Waals surface area contributed by atoms with E-state index < -0.39 is 22.0 Å². The minimum Gasteiger partial charge on any atom is -0.456 e. The largest absolute Gasteiger partial charge is 0.456 e. The number of aromatic amines is 2. The summed E-state index contributed by atoms with van der Waals surface area (Å²) in [6.07, 6.45) is 3.98. The van der Waals surface area contributed by atoms with Crippen molar-refractivity contribution in [3.05, 3.63) is 129 Å². The minimum absolute atomic E-state index is 0.378. The van der Waals surface area contributed by atoms with Gasteiger partial charge in [0, 0.05) is 101 Å². The molecule has 70 heavy (non-hydrogen) atoms. The van der Waals surface area contributed by atoms with Crippen LogP contribution in [0.1, 0.15) is 161 Å². The summed E-state index contributed by atoms with van der Waals surface area (Å²) in [7, 11) is 0. The lowest BCUT2D eigenvalue weighted by Crippen LogP contribution is -2.53. The lowest BCUT2D eigenvalue weighted by Gasteiger charge is -2.44. The monoisotopic (exact) mass is 942 g/mol. The Bertz CT molecular complexity index is 2830. The maximum Gasteiger partial charge on any atom is 0.341 e. The van der Waals surface area contributed by atoms with Crippen LogP contribution in [0, 0.1) is 22.7 Å². The number of aryl methyl sites for hydroxylation is 2. The quantitative estimate of drug-likeness (QED) is 0.121. The van der Waals surface area contributed by atoms with Crippen LogP contribution in [-0.2, 0) is 33.1 Å². The lowest BCUT2D eigenvalue weighted by molar-refractivity contribution is 0.00570. The number of nitrogens with zero attached hydrogens (tertiary/aromatic N) is 5. The Kier molecular flexibility index (Phi) is 13.5. The molecule has 8 rings (SSSR count). The van der Waals surface area contributed by atoms with Gasteiger partial charge < -0.3 is 29.2 Å². The highest BCUT2D eigenvalue weighted by molar-refractivity contribution is 6.07. The summed E-state index contributed by atoms with van der Waals surface area (Å²) in [6.45, 7) is 30.1. The molecule has 2 aliphatic rings. The van der Waals surface area contributed by atoms with Crippen LogP contribution in [-0.4, -0.2) is 83.3 Å². The number of carbonyl (C=O) groups excluding carboxylic acids is 2. The number of nitrogens with one attached hydrogen (secondary N) is 2. The van der Waals surface area contributed by atoms with Gasteiger partial charge in [0.05, 0.1) is 34.4 Å². The van der Waals surface area contributed by atoms with Gasteiger partial charge in [0.25, 0.3) is 0 Å². The van der Waals surface area contributed by atoms with Crippen LogP contribution < -0.4 is 9.80 Å². The van der Waals surface area contributed by atoms with Crippen molar-refractivity contribution in [2.75, 3.05) is 49.1 Å². The van der Waals surface area contributed by atoms with E-state index in [9.17, 15) is 20.1 Å². The zero-order chi connectivity index (χ0) is 50.5. The second kappa shape index (κ2) is 19.0. The number of hydrogen-bond donors (Lipinski definition) is 2. The van der Waals surface area contributed by atoms with Crippen molar-refractivity contribution >= 4 is 45.1 Å². The summed E-state index contributed by atoms with van der Waals surface area (Å²) in [6, 6.07) is 29.4. The van der Waals surface area contributed by atoms with Crippen LogP contribution in [0.2, 0.25) is 0 Å². The Balaban J connectivity index is 0.987. The summed E-state index contributed by atoms with van der Waals surface area (Å²) in [5, 5.41) is 20.9. The highest BCUT2D eigenvalue weighted by Crippen LogP contribution is 2.42. The molecule has 2 saturated heterocycles. The van der Waals surface area contributed by atoms with Crippen LogP contribution in [0.5, 0.6) is 0 Å². The first-order valence-electron chi connectivity index (χ1n) is 25.2. The first-order chi connectivity index (χ1) is 33.1.